The number of carbonyl (C=O) groups excluding carboxylic acids is 1. The van der Waals surface area contributed by atoms with Crippen molar-refractivity contribution < 1.29 is 4.79 Å². The Labute approximate surface area is 72.9 Å². The lowest BCUT2D eigenvalue weighted by atomic mass is 9.99. The summed E-state index contributed by atoms with van der Waals surface area (Å²) in [5.74, 6) is 2.39. The standard InChI is InChI=1S/C9H14N2O/c1-3-6-10-8(12)9(2)5-4-7-11-9/h1,11H,4-7H2,2H3,(H,10,12). The van der Waals surface area contributed by atoms with E-state index in [9.17, 15) is 4.79 Å². The minimum Gasteiger partial charge on any atom is -0.344 e. The van der Waals surface area contributed by atoms with Gasteiger partial charge in [-0.25, -0.2) is 0 Å². The van der Waals surface area contributed by atoms with Crippen molar-refractivity contribution >= 4 is 5.91 Å². The first-order valence-electron chi connectivity index (χ1n) is 4.16. The number of hydrogen-bond donors (Lipinski definition) is 2. The second kappa shape index (κ2) is 3.59. The summed E-state index contributed by atoms with van der Waals surface area (Å²) in [4.78, 5) is 11.5. The summed E-state index contributed by atoms with van der Waals surface area (Å²) < 4.78 is 0. The Bertz CT molecular complexity index is 211. The van der Waals surface area contributed by atoms with E-state index in [4.69, 9.17) is 6.42 Å². The Hall–Kier alpha value is -1.01. The minimum atomic E-state index is -0.392. The molecule has 0 aliphatic carbocycles. The van der Waals surface area contributed by atoms with Crippen LogP contribution in [0.15, 0.2) is 0 Å². The minimum absolute atomic E-state index is 0.0120. The van der Waals surface area contributed by atoms with Crippen LogP contribution in [0.1, 0.15) is 19.8 Å². The van der Waals surface area contributed by atoms with Crippen molar-refractivity contribution in [3.63, 3.8) is 0 Å². The summed E-state index contributed by atoms with van der Waals surface area (Å²) in [6.07, 6.45) is 6.98. The Morgan fingerprint density at radius 3 is 3.08 bits per heavy atom. The first-order chi connectivity index (χ1) is 5.69. The molecule has 1 saturated heterocycles. The van der Waals surface area contributed by atoms with Gasteiger partial charge in [-0.15, -0.1) is 6.42 Å². The topological polar surface area (TPSA) is 41.1 Å². The van der Waals surface area contributed by atoms with Crippen LogP contribution in [0.2, 0.25) is 0 Å². The monoisotopic (exact) mass is 166 g/mol. The molecule has 1 unspecified atom stereocenters. The van der Waals surface area contributed by atoms with Crippen LogP contribution in [-0.4, -0.2) is 24.5 Å². The average Bonchev–Trinajstić information content (AvgIpc) is 2.49. The van der Waals surface area contributed by atoms with Crippen molar-refractivity contribution in [2.24, 2.45) is 0 Å². The molecule has 3 nitrogen and oxygen atoms in total. The fourth-order valence-corrected chi connectivity index (χ4v) is 1.41. The molecule has 0 aromatic carbocycles. The van der Waals surface area contributed by atoms with Gasteiger partial charge in [-0.1, -0.05) is 5.92 Å². The molecule has 1 heterocycles. The zero-order chi connectivity index (χ0) is 9.03. The third kappa shape index (κ3) is 1.77. The van der Waals surface area contributed by atoms with E-state index in [1.165, 1.54) is 0 Å². The van der Waals surface area contributed by atoms with Gasteiger partial charge in [0.15, 0.2) is 0 Å². The smallest absolute Gasteiger partial charge is 0.240 e. The Morgan fingerprint density at radius 2 is 2.58 bits per heavy atom. The highest BCUT2D eigenvalue weighted by Gasteiger charge is 2.35. The van der Waals surface area contributed by atoms with Crippen LogP contribution in [-0.2, 0) is 4.79 Å². The van der Waals surface area contributed by atoms with E-state index in [0.717, 1.165) is 19.4 Å². The third-order valence-corrected chi connectivity index (χ3v) is 2.22. The van der Waals surface area contributed by atoms with Gasteiger partial charge in [0.05, 0.1) is 12.1 Å². The van der Waals surface area contributed by atoms with Crippen molar-refractivity contribution in [2.45, 2.75) is 25.3 Å². The summed E-state index contributed by atoms with van der Waals surface area (Å²) in [5, 5.41) is 5.84. The van der Waals surface area contributed by atoms with Crippen LogP contribution in [0.25, 0.3) is 0 Å². The van der Waals surface area contributed by atoms with Gasteiger partial charge in [0.25, 0.3) is 0 Å². The zero-order valence-corrected chi connectivity index (χ0v) is 7.31. The first kappa shape index (κ1) is 9.08. The van der Waals surface area contributed by atoms with E-state index >= 15 is 0 Å². The van der Waals surface area contributed by atoms with Crippen LogP contribution in [0.4, 0.5) is 0 Å². The van der Waals surface area contributed by atoms with E-state index in [1.54, 1.807) is 0 Å². The lowest BCUT2D eigenvalue weighted by molar-refractivity contribution is -0.126. The van der Waals surface area contributed by atoms with Gasteiger partial charge < -0.3 is 10.6 Å². The lowest BCUT2D eigenvalue weighted by Crippen LogP contribution is -2.51. The molecule has 2 N–H and O–H groups in total. The van der Waals surface area contributed by atoms with Gasteiger partial charge in [0, 0.05) is 0 Å². The molecule has 0 aromatic heterocycles. The third-order valence-electron chi connectivity index (χ3n) is 2.22. The zero-order valence-electron chi connectivity index (χ0n) is 7.31. The molecular formula is C9H14N2O. The average molecular weight is 166 g/mol. The van der Waals surface area contributed by atoms with Gasteiger partial charge in [0.2, 0.25) is 5.91 Å². The highest BCUT2D eigenvalue weighted by atomic mass is 16.2. The highest BCUT2D eigenvalue weighted by Crippen LogP contribution is 2.17. The van der Waals surface area contributed by atoms with E-state index in [1.807, 2.05) is 6.92 Å². The van der Waals surface area contributed by atoms with E-state index < -0.39 is 5.54 Å². The number of nitrogens with one attached hydrogen (secondary N) is 2. The fourth-order valence-electron chi connectivity index (χ4n) is 1.41. The first-order valence-corrected chi connectivity index (χ1v) is 4.16. The molecule has 0 aromatic rings. The van der Waals surface area contributed by atoms with Gasteiger partial charge in [-0.2, -0.15) is 0 Å². The lowest BCUT2D eigenvalue weighted by Gasteiger charge is -2.22. The van der Waals surface area contributed by atoms with Crippen molar-refractivity contribution in [2.75, 3.05) is 13.1 Å². The van der Waals surface area contributed by atoms with Crippen LogP contribution in [0.3, 0.4) is 0 Å². The molecule has 1 rings (SSSR count). The van der Waals surface area contributed by atoms with Crippen LogP contribution in [0.5, 0.6) is 0 Å². The quantitative estimate of drug-likeness (QED) is 0.561. The summed E-state index contributed by atoms with van der Waals surface area (Å²) in [6.45, 7) is 3.14. The van der Waals surface area contributed by atoms with Gasteiger partial charge in [-0.3, -0.25) is 4.79 Å². The number of rotatable bonds is 2. The molecule has 3 heteroatoms. The molecule has 0 saturated carbocycles. The highest BCUT2D eigenvalue weighted by molar-refractivity contribution is 5.86. The molecule has 1 atom stereocenters. The van der Waals surface area contributed by atoms with E-state index in [2.05, 4.69) is 16.6 Å². The second-order valence-electron chi connectivity index (χ2n) is 3.25. The molecule has 0 radical (unpaired) electrons. The largest absolute Gasteiger partial charge is 0.344 e. The van der Waals surface area contributed by atoms with Gasteiger partial charge in [-0.05, 0) is 26.3 Å². The molecule has 1 fully saturated rings. The summed E-state index contributed by atoms with van der Waals surface area (Å²) >= 11 is 0. The summed E-state index contributed by atoms with van der Waals surface area (Å²) in [5.41, 5.74) is -0.392. The Morgan fingerprint density at radius 1 is 1.83 bits per heavy atom. The number of carbonyl (C=O) groups is 1. The Kier molecular flexibility index (Phi) is 2.72. The number of amides is 1. The van der Waals surface area contributed by atoms with E-state index in [0.29, 0.717) is 6.54 Å². The number of hydrogen-bond acceptors (Lipinski definition) is 2. The van der Waals surface area contributed by atoms with E-state index in [-0.39, 0.29) is 5.91 Å². The van der Waals surface area contributed by atoms with Gasteiger partial charge >= 0.3 is 0 Å². The molecule has 0 bridgehead atoms. The molecule has 1 amide bonds. The molecule has 0 spiro atoms. The van der Waals surface area contributed by atoms with Crippen molar-refractivity contribution in [3.8, 4) is 12.3 Å². The fraction of sp³-hybridized carbons (Fsp3) is 0.667. The van der Waals surface area contributed by atoms with Crippen molar-refractivity contribution in [1.82, 2.24) is 10.6 Å². The predicted octanol–water partition coefficient (Wildman–Crippen LogP) is -0.122. The van der Waals surface area contributed by atoms with Gasteiger partial charge in [0.1, 0.15) is 0 Å². The SMILES string of the molecule is C#CCNC(=O)C1(C)CCCN1. The summed E-state index contributed by atoms with van der Waals surface area (Å²) in [6, 6.07) is 0. The Balaban J connectivity index is 2.45. The number of terminal acetylenes is 1. The molecule has 66 valence electrons. The van der Waals surface area contributed by atoms with Crippen LogP contribution >= 0.6 is 0 Å². The molecule has 1 aliphatic heterocycles. The second-order valence-corrected chi connectivity index (χ2v) is 3.25. The molecular weight excluding hydrogens is 152 g/mol. The summed E-state index contributed by atoms with van der Waals surface area (Å²) in [7, 11) is 0. The van der Waals surface area contributed by atoms with Crippen molar-refractivity contribution in [1.29, 1.82) is 0 Å². The predicted molar refractivity (Wildman–Crippen MR) is 47.5 cm³/mol. The van der Waals surface area contributed by atoms with Crippen LogP contribution < -0.4 is 10.6 Å². The molecule has 1 aliphatic rings. The normalized spacial score (nSPS) is 28.0. The van der Waals surface area contributed by atoms with Crippen LogP contribution in [0, 0.1) is 12.3 Å². The maximum atomic E-state index is 11.5. The van der Waals surface area contributed by atoms with Crippen molar-refractivity contribution in [3.05, 3.63) is 0 Å². The maximum Gasteiger partial charge on any atom is 0.240 e. The maximum absolute atomic E-state index is 11.5. The molecule has 12 heavy (non-hydrogen) atoms.